The van der Waals surface area contributed by atoms with Crippen LogP contribution in [0.5, 0.6) is 0 Å². The van der Waals surface area contributed by atoms with Gasteiger partial charge < -0.3 is 0 Å². The molecule has 1 heterocycles. The molecule has 0 saturated heterocycles. The van der Waals surface area contributed by atoms with Gasteiger partial charge in [0.25, 0.3) is 0 Å². The summed E-state index contributed by atoms with van der Waals surface area (Å²) in [5.41, 5.74) is 1.15. The summed E-state index contributed by atoms with van der Waals surface area (Å²) < 4.78 is 37.5. The van der Waals surface area contributed by atoms with E-state index < -0.39 is 21.6 Å². The Morgan fingerprint density at radius 1 is 1.50 bits per heavy atom. The first-order chi connectivity index (χ1) is 7.54. The number of halogens is 1. The van der Waals surface area contributed by atoms with E-state index in [1.165, 1.54) is 12.1 Å². The van der Waals surface area contributed by atoms with E-state index in [4.69, 9.17) is 5.26 Å². The van der Waals surface area contributed by atoms with Crippen LogP contribution in [-0.4, -0.2) is 20.7 Å². The van der Waals surface area contributed by atoms with Crippen LogP contribution in [0.2, 0.25) is 0 Å². The lowest BCUT2D eigenvalue weighted by molar-refractivity contribution is 0.595. The van der Waals surface area contributed by atoms with Gasteiger partial charge in [-0.15, -0.1) is 0 Å². The van der Waals surface area contributed by atoms with Gasteiger partial charge in [0.15, 0.2) is 5.75 Å². The molecule has 2 rings (SSSR count). The molecule has 0 aliphatic carbocycles. The molecule has 0 unspecified atom stereocenters. The molecular weight excluding hydrogens is 231 g/mol. The molecule has 1 aromatic carbocycles. The second kappa shape index (κ2) is 3.76. The molecule has 0 aromatic heterocycles. The van der Waals surface area contributed by atoms with Crippen molar-refractivity contribution in [2.24, 2.45) is 0 Å². The molecule has 0 spiro atoms. The van der Waals surface area contributed by atoms with Gasteiger partial charge in [-0.25, -0.2) is 12.8 Å². The van der Waals surface area contributed by atoms with Gasteiger partial charge in [-0.1, -0.05) is 6.07 Å². The van der Waals surface area contributed by atoms with Crippen LogP contribution in [0, 0.1) is 17.1 Å². The summed E-state index contributed by atoms with van der Waals surface area (Å²) in [6, 6.07) is 5.68. The first kappa shape index (κ1) is 10.9. The van der Waals surface area contributed by atoms with Crippen LogP contribution in [-0.2, 0) is 16.4 Å². The molecule has 0 amide bonds. The minimum Gasteiger partial charge on any atom is -0.269 e. The largest absolute Gasteiger partial charge is 0.269 e. The van der Waals surface area contributed by atoms with E-state index in [1.807, 2.05) is 0 Å². The summed E-state index contributed by atoms with van der Waals surface area (Å²) in [6.07, 6.45) is 0.556. The van der Waals surface area contributed by atoms with Crippen molar-refractivity contribution in [2.75, 3.05) is 16.6 Å². The Labute approximate surface area is 93.0 Å². The van der Waals surface area contributed by atoms with Crippen molar-refractivity contribution in [1.29, 1.82) is 5.26 Å². The SMILES string of the molecule is N#CCS(=O)(=O)N1CCc2ccc(F)cc21. The summed E-state index contributed by atoms with van der Waals surface area (Å²) in [6.45, 7) is 0.281. The molecule has 0 N–H and O–H groups in total. The maximum atomic E-state index is 13.0. The number of rotatable bonds is 2. The van der Waals surface area contributed by atoms with Crippen molar-refractivity contribution >= 4 is 15.7 Å². The van der Waals surface area contributed by atoms with Gasteiger partial charge in [-0.2, -0.15) is 5.26 Å². The Morgan fingerprint density at radius 3 is 2.94 bits per heavy atom. The summed E-state index contributed by atoms with van der Waals surface area (Å²) in [5, 5.41) is 8.43. The highest BCUT2D eigenvalue weighted by Gasteiger charge is 2.29. The Balaban J connectivity index is 2.45. The summed E-state index contributed by atoms with van der Waals surface area (Å²) in [4.78, 5) is 0. The molecule has 1 aliphatic rings. The van der Waals surface area contributed by atoms with E-state index in [1.54, 1.807) is 12.1 Å². The van der Waals surface area contributed by atoms with Crippen molar-refractivity contribution in [3.8, 4) is 6.07 Å². The van der Waals surface area contributed by atoms with Gasteiger partial charge in [0.05, 0.1) is 11.8 Å². The number of anilines is 1. The third kappa shape index (κ3) is 1.74. The summed E-state index contributed by atoms with van der Waals surface area (Å²) >= 11 is 0. The normalized spacial score (nSPS) is 14.6. The quantitative estimate of drug-likeness (QED) is 0.776. The number of nitrogens with zero attached hydrogens (tertiary/aromatic N) is 2. The number of fused-ring (bicyclic) bond motifs is 1. The van der Waals surface area contributed by atoms with Crippen molar-refractivity contribution in [2.45, 2.75) is 6.42 Å². The highest BCUT2D eigenvalue weighted by molar-refractivity contribution is 7.93. The molecular formula is C10H9FN2O2S. The highest BCUT2D eigenvalue weighted by Crippen LogP contribution is 2.30. The van der Waals surface area contributed by atoms with Gasteiger partial charge in [0.1, 0.15) is 5.82 Å². The van der Waals surface area contributed by atoms with Crippen LogP contribution >= 0.6 is 0 Å². The van der Waals surface area contributed by atoms with Crippen molar-refractivity contribution in [3.63, 3.8) is 0 Å². The minimum atomic E-state index is -3.63. The fourth-order valence-electron chi connectivity index (χ4n) is 1.77. The van der Waals surface area contributed by atoms with Crippen LogP contribution in [0.1, 0.15) is 5.56 Å². The fourth-order valence-corrected chi connectivity index (χ4v) is 2.93. The molecule has 1 aromatic rings. The second-order valence-electron chi connectivity index (χ2n) is 3.51. The Kier molecular flexibility index (Phi) is 2.56. The standard InChI is InChI=1S/C10H9FN2O2S/c11-9-2-1-8-3-5-13(10(8)7-9)16(14,15)6-4-12/h1-2,7H,3,5-6H2. The molecule has 0 radical (unpaired) electrons. The number of benzene rings is 1. The maximum Gasteiger partial charge on any atom is 0.248 e. The zero-order valence-electron chi connectivity index (χ0n) is 8.35. The average molecular weight is 240 g/mol. The van der Waals surface area contributed by atoms with E-state index in [0.29, 0.717) is 12.1 Å². The third-order valence-electron chi connectivity index (χ3n) is 2.48. The molecule has 16 heavy (non-hydrogen) atoms. The number of sulfonamides is 1. The van der Waals surface area contributed by atoms with E-state index >= 15 is 0 Å². The van der Waals surface area contributed by atoms with Gasteiger partial charge in [0, 0.05) is 6.54 Å². The van der Waals surface area contributed by atoms with Crippen molar-refractivity contribution < 1.29 is 12.8 Å². The summed E-state index contributed by atoms with van der Waals surface area (Å²) in [5.74, 6) is -1.05. The van der Waals surface area contributed by atoms with Gasteiger partial charge in [0.2, 0.25) is 10.0 Å². The zero-order chi connectivity index (χ0) is 11.8. The topological polar surface area (TPSA) is 61.2 Å². The average Bonchev–Trinajstić information content (AvgIpc) is 2.60. The first-order valence-electron chi connectivity index (χ1n) is 4.70. The van der Waals surface area contributed by atoms with Crippen LogP contribution in [0.15, 0.2) is 18.2 Å². The van der Waals surface area contributed by atoms with E-state index in [9.17, 15) is 12.8 Å². The lowest BCUT2D eigenvalue weighted by Crippen LogP contribution is -2.30. The molecule has 6 heteroatoms. The molecule has 84 valence electrons. The molecule has 1 aliphatic heterocycles. The molecule has 4 nitrogen and oxygen atoms in total. The van der Waals surface area contributed by atoms with Gasteiger partial charge in [-0.05, 0) is 24.1 Å². The van der Waals surface area contributed by atoms with Crippen LogP contribution < -0.4 is 4.31 Å². The van der Waals surface area contributed by atoms with E-state index in [2.05, 4.69) is 0 Å². The second-order valence-corrected chi connectivity index (χ2v) is 5.40. The zero-order valence-corrected chi connectivity index (χ0v) is 9.17. The molecule has 0 bridgehead atoms. The van der Waals surface area contributed by atoms with E-state index in [-0.39, 0.29) is 6.54 Å². The third-order valence-corrected chi connectivity index (χ3v) is 4.03. The fraction of sp³-hybridized carbons (Fsp3) is 0.300. The minimum absolute atomic E-state index is 0.281. The monoisotopic (exact) mass is 240 g/mol. The Hall–Kier alpha value is -1.61. The van der Waals surface area contributed by atoms with Gasteiger partial charge in [-0.3, -0.25) is 4.31 Å². The first-order valence-corrected chi connectivity index (χ1v) is 6.31. The smallest absolute Gasteiger partial charge is 0.248 e. The Bertz CT molecular complexity index is 563. The predicted molar refractivity (Wildman–Crippen MR) is 56.8 cm³/mol. The van der Waals surface area contributed by atoms with Crippen LogP contribution in [0.25, 0.3) is 0 Å². The number of hydrogen-bond donors (Lipinski definition) is 0. The highest BCUT2D eigenvalue weighted by atomic mass is 32.2. The van der Waals surface area contributed by atoms with Crippen molar-refractivity contribution in [1.82, 2.24) is 0 Å². The summed E-state index contributed by atoms with van der Waals surface area (Å²) in [7, 11) is -3.63. The predicted octanol–water partition coefficient (Wildman–Crippen LogP) is 1.04. The molecule has 0 saturated carbocycles. The number of hydrogen-bond acceptors (Lipinski definition) is 3. The molecule has 0 atom stereocenters. The van der Waals surface area contributed by atoms with Crippen molar-refractivity contribution in [3.05, 3.63) is 29.6 Å². The number of nitriles is 1. The molecule has 0 fully saturated rings. The Morgan fingerprint density at radius 2 is 2.25 bits per heavy atom. The van der Waals surface area contributed by atoms with Gasteiger partial charge >= 0.3 is 0 Å². The lowest BCUT2D eigenvalue weighted by Gasteiger charge is -2.17. The maximum absolute atomic E-state index is 13.0. The van der Waals surface area contributed by atoms with E-state index in [0.717, 1.165) is 9.87 Å². The van der Waals surface area contributed by atoms with Crippen LogP contribution in [0.3, 0.4) is 0 Å². The van der Waals surface area contributed by atoms with Crippen LogP contribution in [0.4, 0.5) is 10.1 Å². The lowest BCUT2D eigenvalue weighted by atomic mass is 10.2.